The van der Waals surface area contributed by atoms with Crippen molar-refractivity contribution in [3.8, 4) is 0 Å². The van der Waals surface area contributed by atoms with E-state index in [4.69, 9.17) is 0 Å². The second kappa shape index (κ2) is 6.11. The van der Waals surface area contributed by atoms with Gasteiger partial charge < -0.3 is 4.98 Å². The number of hydrogen-bond donors (Lipinski definition) is 1. The van der Waals surface area contributed by atoms with Gasteiger partial charge in [-0.2, -0.15) is 0 Å². The highest BCUT2D eigenvalue weighted by Gasteiger charge is 2.27. The highest BCUT2D eigenvalue weighted by atomic mass is 32.2. The Balaban J connectivity index is 1.60. The van der Waals surface area contributed by atoms with Gasteiger partial charge in [-0.15, -0.1) is 0 Å². The number of pyridine rings is 1. The van der Waals surface area contributed by atoms with Crippen LogP contribution in [0.2, 0.25) is 0 Å². The molecule has 0 aliphatic heterocycles. The Bertz CT molecular complexity index is 795. The van der Waals surface area contributed by atoms with Gasteiger partial charge in [0.1, 0.15) is 0 Å². The van der Waals surface area contributed by atoms with Crippen LogP contribution < -0.4 is 5.56 Å². The Kier molecular flexibility index (Phi) is 3.97. The van der Waals surface area contributed by atoms with Crippen LogP contribution in [-0.4, -0.2) is 15.0 Å². The van der Waals surface area contributed by atoms with Gasteiger partial charge in [0, 0.05) is 23.2 Å². The van der Waals surface area contributed by atoms with E-state index in [2.05, 4.69) is 27.9 Å². The predicted molar refractivity (Wildman–Crippen MR) is 92.0 cm³/mol. The fraction of sp³-hybridized carbons (Fsp3) is 0.500. The Morgan fingerprint density at radius 3 is 3.00 bits per heavy atom. The maximum Gasteiger partial charge on any atom is 0.254 e. The van der Waals surface area contributed by atoms with Gasteiger partial charge in [-0.1, -0.05) is 18.7 Å². The maximum atomic E-state index is 12.1. The molecule has 5 heteroatoms. The number of thioether (sulfide) groups is 1. The second-order valence-corrected chi connectivity index (χ2v) is 7.36. The molecule has 2 aliphatic carbocycles. The molecule has 2 aliphatic rings. The van der Waals surface area contributed by atoms with Crippen LogP contribution in [0.25, 0.3) is 0 Å². The molecule has 0 radical (unpaired) electrons. The molecule has 4 rings (SSSR count). The summed E-state index contributed by atoms with van der Waals surface area (Å²) in [5.74, 6) is 1.55. The summed E-state index contributed by atoms with van der Waals surface area (Å²) >= 11 is 1.64. The molecule has 0 unspecified atom stereocenters. The molecule has 23 heavy (non-hydrogen) atoms. The zero-order chi connectivity index (χ0) is 15.8. The zero-order valence-corrected chi connectivity index (χ0v) is 14.2. The molecule has 0 atom stereocenters. The number of H-pyrrole nitrogens is 1. The number of aryl methyl sites for hydroxylation is 2. The van der Waals surface area contributed by atoms with E-state index in [-0.39, 0.29) is 5.56 Å². The molecule has 0 aromatic carbocycles. The van der Waals surface area contributed by atoms with Crippen LogP contribution in [0.4, 0.5) is 0 Å². The van der Waals surface area contributed by atoms with Crippen molar-refractivity contribution in [2.45, 2.75) is 62.3 Å². The Labute approximate surface area is 140 Å². The molecule has 2 heterocycles. The van der Waals surface area contributed by atoms with E-state index in [9.17, 15) is 4.79 Å². The van der Waals surface area contributed by atoms with Crippen LogP contribution in [0.3, 0.4) is 0 Å². The zero-order valence-electron chi connectivity index (χ0n) is 13.4. The van der Waals surface area contributed by atoms with Crippen LogP contribution in [-0.2, 0) is 25.0 Å². The van der Waals surface area contributed by atoms with E-state index in [0.29, 0.717) is 5.92 Å². The van der Waals surface area contributed by atoms with Crippen molar-refractivity contribution < 1.29 is 0 Å². The van der Waals surface area contributed by atoms with E-state index >= 15 is 0 Å². The van der Waals surface area contributed by atoms with Crippen LogP contribution in [0, 0.1) is 0 Å². The van der Waals surface area contributed by atoms with Crippen LogP contribution in [0.5, 0.6) is 0 Å². The monoisotopic (exact) mass is 327 g/mol. The predicted octanol–water partition coefficient (Wildman–Crippen LogP) is 3.39. The average molecular weight is 327 g/mol. The Hall–Kier alpha value is -1.62. The van der Waals surface area contributed by atoms with E-state index in [1.54, 1.807) is 11.8 Å². The first-order valence-corrected chi connectivity index (χ1v) is 9.46. The van der Waals surface area contributed by atoms with E-state index in [0.717, 1.165) is 47.8 Å². The lowest BCUT2D eigenvalue weighted by molar-refractivity contribution is 0.868. The lowest BCUT2D eigenvalue weighted by Crippen LogP contribution is -2.15. The number of aromatic nitrogens is 3. The van der Waals surface area contributed by atoms with Crippen LogP contribution in [0.15, 0.2) is 22.2 Å². The van der Waals surface area contributed by atoms with Crippen molar-refractivity contribution in [2.24, 2.45) is 0 Å². The molecule has 0 amide bonds. The minimum absolute atomic E-state index is 0.0549. The fourth-order valence-electron chi connectivity index (χ4n) is 3.43. The number of nitrogens with one attached hydrogen (secondary N) is 1. The summed E-state index contributed by atoms with van der Waals surface area (Å²) in [6, 6.07) is 2.17. The SMILES string of the molecule is CCc1nccc(C2CC2)c1CSc1nc2c(c(=O)[nH]1)CCC2. The Morgan fingerprint density at radius 1 is 1.35 bits per heavy atom. The molecule has 120 valence electrons. The number of rotatable bonds is 5. The smallest absolute Gasteiger partial charge is 0.254 e. The number of fused-ring (bicyclic) bond motifs is 1. The molecule has 0 bridgehead atoms. The highest BCUT2D eigenvalue weighted by Crippen LogP contribution is 2.43. The topological polar surface area (TPSA) is 58.6 Å². The van der Waals surface area contributed by atoms with Gasteiger partial charge >= 0.3 is 0 Å². The van der Waals surface area contributed by atoms with Crippen LogP contribution >= 0.6 is 11.8 Å². The van der Waals surface area contributed by atoms with Crippen molar-refractivity contribution >= 4 is 11.8 Å². The van der Waals surface area contributed by atoms with E-state index in [1.807, 2.05) is 6.20 Å². The lowest BCUT2D eigenvalue weighted by atomic mass is 10.0. The number of aromatic amines is 1. The third kappa shape index (κ3) is 2.94. The normalized spacial score (nSPS) is 16.6. The summed E-state index contributed by atoms with van der Waals surface area (Å²) in [5, 5.41) is 0.753. The minimum Gasteiger partial charge on any atom is -0.301 e. The molecular weight excluding hydrogens is 306 g/mol. The summed E-state index contributed by atoms with van der Waals surface area (Å²) in [6.45, 7) is 2.16. The molecule has 4 nitrogen and oxygen atoms in total. The number of nitrogens with zero attached hydrogens (tertiary/aromatic N) is 2. The fourth-order valence-corrected chi connectivity index (χ4v) is 4.38. The first-order chi connectivity index (χ1) is 11.3. The van der Waals surface area contributed by atoms with Gasteiger partial charge in [-0.05, 0) is 61.6 Å². The third-order valence-corrected chi connectivity index (χ3v) is 5.71. The van der Waals surface area contributed by atoms with Gasteiger partial charge in [0.25, 0.3) is 5.56 Å². The van der Waals surface area contributed by atoms with E-state index in [1.165, 1.54) is 29.7 Å². The van der Waals surface area contributed by atoms with Gasteiger partial charge in [-0.3, -0.25) is 9.78 Å². The molecule has 1 N–H and O–H groups in total. The largest absolute Gasteiger partial charge is 0.301 e. The first-order valence-electron chi connectivity index (χ1n) is 8.47. The van der Waals surface area contributed by atoms with Crippen molar-refractivity contribution in [2.75, 3.05) is 0 Å². The molecule has 1 saturated carbocycles. The lowest BCUT2D eigenvalue weighted by Gasteiger charge is -2.12. The first kappa shape index (κ1) is 14.9. The molecular formula is C18H21N3OS. The minimum atomic E-state index is 0.0549. The van der Waals surface area contributed by atoms with Crippen molar-refractivity contribution in [1.29, 1.82) is 0 Å². The second-order valence-electron chi connectivity index (χ2n) is 6.39. The van der Waals surface area contributed by atoms with Crippen molar-refractivity contribution in [3.63, 3.8) is 0 Å². The summed E-state index contributed by atoms with van der Waals surface area (Å²) in [5.41, 5.74) is 5.94. The van der Waals surface area contributed by atoms with Crippen molar-refractivity contribution in [3.05, 3.63) is 50.7 Å². The summed E-state index contributed by atoms with van der Waals surface area (Å²) in [6.07, 6.45) is 8.33. The molecule has 2 aromatic heterocycles. The molecule has 0 saturated heterocycles. The number of hydrogen-bond acceptors (Lipinski definition) is 4. The molecule has 2 aromatic rings. The standard InChI is InChI=1S/C18H21N3OS/c1-2-15-14(12(8-9-19-15)11-6-7-11)10-23-18-20-16-5-3-4-13(16)17(22)21-18/h8-9,11H,2-7,10H2,1H3,(H,20,21,22). The average Bonchev–Trinajstić information content (AvgIpc) is 3.30. The molecule has 1 fully saturated rings. The van der Waals surface area contributed by atoms with Crippen molar-refractivity contribution in [1.82, 2.24) is 15.0 Å². The van der Waals surface area contributed by atoms with Gasteiger partial charge in [0.15, 0.2) is 5.16 Å². The third-order valence-electron chi connectivity index (χ3n) is 4.81. The summed E-state index contributed by atoms with van der Waals surface area (Å²) < 4.78 is 0. The quantitative estimate of drug-likeness (QED) is 0.675. The summed E-state index contributed by atoms with van der Waals surface area (Å²) in [7, 11) is 0. The van der Waals surface area contributed by atoms with E-state index < -0.39 is 0 Å². The maximum absolute atomic E-state index is 12.1. The highest BCUT2D eigenvalue weighted by molar-refractivity contribution is 7.98. The van der Waals surface area contributed by atoms with Gasteiger partial charge in [-0.25, -0.2) is 4.98 Å². The van der Waals surface area contributed by atoms with Gasteiger partial charge in [0.2, 0.25) is 0 Å². The molecule has 0 spiro atoms. The van der Waals surface area contributed by atoms with Gasteiger partial charge in [0.05, 0.1) is 5.69 Å². The van der Waals surface area contributed by atoms with Crippen LogP contribution in [0.1, 0.15) is 60.2 Å². The Morgan fingerprint density at radius 2 is 2.22 bits per heavy atom. The summed E-state index contributed by atoms with van der Waals surface area (Å²) in [4.78, 5) is 24.3.